The number of carbonyl (C=O) groups is 2. The maximum Gasteiger partial charge on any atom is 0.267 e. The number of sulfonamides is 1. The number of hydrogen-bond donors (Lipinski definition) is 1. The quantitative estimate of drug-likeness (QED) is 0.838. The molecular weight excluding hydrogens is 344 g/mol. The fourth-order valence-corrected chi connectivity index (χ4v) is 4.76. The van der Waals surface area contributed by atoms with E-state index in [9.17, 15) is 18.0 Å². The van der Waals surface area contributed by atoms with Crippen molar-refractivity contribution in [2.45, 2.75) is 49.6 Å². The van der Waals surface area contributed by atoms with Gasteiger partial charge in [-0.2, -0.15) is 0 Å². The number of hydrogen-bond acceptors (Lipinski definition) is 5. The van der Waals surface area contributed by atoms with Crippen molar-refractivity contribution in [3.8, 4) is 0 Å². The summed E-state index contributed by atoms with van der Waals surface area (Å²) in [5.41, 5.74) is 0.914. The lowest BCUT2D eigenvalue weighted by Crippen LogP contribution is -2.48. The molecule has 0 spiro atoms. The van der Waals surface area contributed by atoms with E-state index in [0.29, 0.717) is 13.2 Å². The van der Waals surface area contributed by atoms with E-state index >= 15 is 0 Å². The normalized spacial score (nSPS) is 23.9. The zero-order valence-corrected chi connectivity index (χ0v) is 14.9. The maximum absolute atomic E-state index is 12.8. The summed E-state index contributed by atoms with van der Waals surface area (Å²) in [4.78, 5) is 24.7. The molecule has 0 saturated carbocycles. The molecule has 2 saturated heterocycles. The van der Waals surface area contributed by atoms with Crippen LogP contribution in [0.15, 0.2) is 29.2 Å². The molecular formula is C17H22N2O5S. The van der Waals surface area contributed by atoms with Gasteiger partial charge in [-0.3, -0.25) is 9.59 Å². The Kier molecular flexibility index (Phi) is 5.10. The third-order valence-corrected chi connectivity index (χ3v) is 6.41. The van der Waals surface area contributed by atoms with Gasteiger partial charge in [0.1, 0.15) is 6.04 Å². The zero-order valence-electron chi connectivity index (χ0n) is 14.1. The second kappa shape index (κ2) is 7.13. The minimum Gasteiger partial charge on any atom is -0.376 e. The van der Waals surface area contributed by atoms with E-state index in [1.165, 1.54) is 12.1 Å². The Labute approximate surface area is 147 Å². The molecule has 0 aliphatic carbocycles. The predicted octanol–water partition coefficient (Wildman–Crippen LogP) is 0.970. The summed E-state index contributed by atoms with van der Waals surface area (Å²) in [6.45, 7) is 2.86. The molecule has 0 radical (unpaired) electrons. The van der Waals surface area contributed by atoms with Gasteiger partial charge in [0.2, 0.25) is 11.8 Å². The molecule has 0 aromatic heterocycles. The van der Waals surface area contributed by atoms with Crippen LogP contribution in [-0.4, -0.2) is 49.8 Å². The van der Waals surface area contributed by atoms with Gasteiger partial charge in [-0.25, -0.2) is 12.7 Å². The van der Waals surface area contributed by atoms with Crippen molar-refractivity contribution in [1.29, 1.82) is 0 Å². The molecule has 1 N–H and O–H groups in total. The Morgan fingerprint density at radius 1 is 1.28 bits per heavy atom. The highest BCUT2D eigenvalue weighted by molar-refractivity contribution is 7.89. The first-order valence-corrected chi connectivity index (χ1v) is 9.87. The molecule has 7 nitrogen and oxygen atoms in total. The van der Waals surface area contributed by atoms with Gasteiger partial charge in [-0.1, -0.05) is 17.7 Å². The molecule has 0 unspecified atom stereocenters. The van der Waals surface area contributed by atoms with Gasteiger partial charge in [0, 0.05) is 19.6 Å². The summed E-state index contributed by atoms with van der Waals surface area (Å²) in [5.74, 6) is -0.991. The molecule has 2 aliphatic rings. The van der Waals surface area contributed by atoms with Crippen molar-refractivity contribution < 1.29 is 22.7 Å². The van der Waals surface area contributed by atoms with Gasteiger partial charge in [0.05, 0.1) is 11.0 Å². The minimum atomic E-state index is -4.04. The Bertz CT molecular complexity index is 754. The molecule has 2 heterocycles. The Balaban J connectivity index is 1.76. The lowest BCUT2D eigenvalue weighted by Gasteiger charge is -2.24. The van der Waals surface area contributed by atoms with E-state index in [0.717, 1.165) is 22.7 Å². The van der Waals surface area contributed by atoms with E-state index in [-0.39, 0.29) is 23.8 Å². The molecule has 136 valence electrons. The SMILES string of the molecule is Cc1ccc(S(=O)(=O)N2C(=O)CC[C@@H]2C(=O)NC[C@H]2CCCO2)cc1. The second-order valence-corrected chi connectivity index (χ2v) is 8.26. The second-order valence-electron chi connectivity index (χ2n) is 6.44. The van der Waals surface area contributed by atoms with Crippen molar-refractivity contribution in [1.82, 2.24) is 9.62 Å². The van der Waals surface area contributed by atoms with Crippen molar-refractivity contribution in [3.05, 3.63) is 29.8 Å². The highest BCUT2D eigenvalue weighted by Crippen LogP contribution is 2.27. The third kappa shape index (κ3) is 3.69. The summed E-state index contributed by atoms with van der Waals surface area (Å²) in [6.07, 6.45) is 2.03. The molecule has 0 bridgehead atoms. The summed E-state index contributed by atoms with van der Waals surface area (Å²) in [5, 5.41) is 2.73. The Morgan fingerprint density at radius 2 is 2.00 bits per heavy atom. The zero-order chi connectivity index (χ0) is 18.0. The van der Waals surface area contributed by atoms with E-state index in [1.54, 1.807) is 12.1 Å². The highest BCUT2D eigenvalue weighted by atomic mass is 32.2. The smallest absolute Gasteiger partial charge is 0.267 e. The summed E-state index contributed by atoms with van der Waals surface area (Å²) in [7, 11) is -4.04. The fraction of sp³-hybridized carbons (Fsp3) is 0.529. The van der Waals surface area contributed by atoms with Crippen LogP contribution >= 0.6 is 0 Å². The average Bonchev–Trinajstić information content (AvgIpc) is 3.22. The molecule has 3 rings (SSSR count). The van der Waals surface area contributed by atoms with E-state index in [1.807, 2.05) is 6.92 Å². The van der Waals surface area contributed by atoms with Crippen LogP contribution < -0.4 is 5.32 Å². The van der Waals surface area contributed by atoms with E-state index in [4.69, 9.17) is 4.74 Å². The lowest BCUT2D eigenvalue weighted by atomic mass is 10.2. The third-order valence-electron chi connectivity index (χ3n) is 4.57. The molecule has 2 fully saturated rings. The number of nitrogens with zero attached hydrogens (tertiary/aromatic N) is 1. The number of carbonyl (C=O) groups excluding carboxylic acids is 2. The van der Waals surface area contributed by atoms with Crippen LogP contribution in [0, 0.1) is 6.92 Å². The summed E-state index contributed by atoms with van der Waals surface area (Å²) < 4.78 is 31.9. The first-order chi connectivity index (χ1) is 11.9. The van der Waals surface area contributed by atoms with E-state index in [2.05, 4.69) is 5.32 Å². The van der Waals surface area contributed by atoms with Crippen molar-refractivity contribution in [2.75, 3.05) is 13.2 Å². The van der Waals surface area contributed by atoms with Crippen LogP contribution in [0.4, 0.5) is 0 Å². The van der Waals surface area contributed by atoms with Gasteiger partial charge in [-0.05, 0) is 38.3 Å². The van der Waals surface area contributed by atoms with Gasteiger partial charge in [-0.15, -0.1) is 0 Å². The number of amides is 2. The van der Waals surface area contributed by atoms with Crippen LogP contribution in [0.2, 0.25) is 0 Å². The van der Waals surface area contributed by atoms with Gasteiger partial charge >= 0.3 is 0 Å². The lowest BCUT2D eigenvalue weighted by molar-refractivity contribution is -0.130. The van der Waals surface area contributed by atoms with Crippen LogP contribution in [-0.2, 0) is 24.3 Å². The van der Waals surface area contributed by atoms with Crippen molar-refractivity contribution in [3.63, 3.8) is 0 Å². The molecule has 25 heavy (non-hydrogen) atoms. The Hall–Kier alpha value is -1.93. The van der Waals surface area contributed by atoms with Crippen LogP contribution in [0.1, 0.15) is 31.2 Å². The number of rotatable bonds is 5. The summed E-state index contributed by atoms with van der Waals surface area (Å²) in [6, 6.07) is 5.25. The first-order valence-electron chi connectivity index (χ1n) is 8.43. The van der Waals surface area contributed by atoms with Crippen molar-refractivity contribution >= 4 is 21.8 Å². The largest absolute Gasteiger partial charge is 0.376 e. The van der Waals surface area contributed by atoms with Crippen LogP contribution in [0.25, 0.3) is 0 Å². The molecule has 1 aromatic carbocycles. The van der Waals surface area contributed by atoms with E-state index < -0.39 is 27.9 Å². The minimum absolute atomic E-state index is 0.0188. The molecule has 2 amide bonds. The molecule has 2 atom stereocenters. The summed E-state index contributed by atoms with van der Waals surface area (Å²) >= 11 is 0. The number of ether oxygens (including phenoxy) is 1. The molecule has 2 aliphatic heterocycles. The Morgan fingerprint density at radius 3 is 2.64 bits per heavy atom. The number of nitrogens with one attached hydrogen (secondary N) is 1. The highest BCUT2D eigenvalue weighted by Gasteiger charge is 2.44. The van der Waals surface area contributed by atoms with Gasteiger partial charge in [0.25, 0.3) is 10.0 Å². The van der Waals surface area contributed by atoms with Crippen molar-refractivity contribution in [2.24, 2.45) is 0 Å². The standard InChI is InChI=1S/C17H22N2O5S/c1-12-4-6-14(7-5-12)25(22,23)19-15(8-9-16(19)20)17(21)18-11-13-3-2-10-24-13/h4-7,13,15H,2-3,8-11H2,1H3,(H,18,21)/t13-,15-/m1/s1. The molecule has 1 aromatic rings. The van der Waals surface area contributed by atoms with Crippen LogP contribution in [0.5, 0.6) is 0 Å². The van der Waals surface area contributed by atoms with Gasteiger partial charge < -0.3 is 10.1 Å². The van der Waals surface area contributed by atoms with Crippen LogP contribution in [0.3, 0.4) is 0 Å². The van der Waals surface area contributed by atoms with Gasteiger partial charge in [0.15, 0.2) is 0 Å². The molecule has 8 heteroatoms. The number of aryl methyl sites for hydroxylation is 1. The fourth-order valence-electron chi connectivity index (χ4n) is 3.16. The number of benzene rings is 1. The monoisotopic (exact) mass is 366 g/mol. The first kappa shape index (κ1) is 17.9. The topological polar surface area (TPSA) is 92.8 Å². The predicted molar refractivity (Wildman–Crippen MR) is 90.2 cm³/mol. The average molecular weight is 366 g/mol. The maximum atomic E-state index is 12.8.